The van der Waals surface area contributed by atoms with Crippen LogP contribution in [0.2, 0.25) is 0 Å². The van der Waals surface area contributed by atoms with E-state index in [0.717, 1.165) is 0 Å². The first kappa shape index (κ1) is 16.5. The highest BCUT2D eigenvalue weighted by molar-refractivity contribution is 6.06. The average Bonchev–Trinajstić information content (AvgIpc) is 2.55. The predicted molar refractivity (Wildman–Crippen MR) is 82.6 cm³/mol. The van der Waals surface area contributed by atoms with E-state index in [1.54, 1.807) is 4.90 Å². The molecule has 120 valence electrons. The Bertz CT molecular complexity index is 656. The molecule has 1 heterocycles. The lowest BCUT2D eigenvalue weighted by Gasteiger charge is -2.33. The first-order valence-electron chi connectivity index (χ1n) is 7.18. The molecular formula is C16H17FN4O2. The fourth-order valence-electron chi connectivity index (χ4n) is 2.22. The summed E-state index contributed by atoms with van der Waals surface area (Å²) in [5, 5.41) is 11.7. The number of carbonyl (C=O) groups excluding carboxylic acids is 2. The normalized spacial score (nSPS) is 15.1. The van der Waals surface area contributed by atoms with E-state index in [-0.39, 0.29) is 11.5 Å². The van der Waals surface area contributed by atoms with Crippen LogP contribution >= 0.6 is 0 Å². The topological polar surface area (TPSA) is 76.4 Å². The van der Waals surface area contributed by atoms with Gasteiger partial charge in [-0.1, -0.05) is 0 Å². The SMILES string of the molecule is CC(=O)N1CCN(/C=C(/C#N)C(=O)Nc2ccc(F)cc2)CC1. The van der Waals surface area contributed by atoms with Crippen molar-refractivity contribution >= 4 is 17.5 Å². The molecule has 23 heavy (non-hydrogen) atoms. The van der Waals surface area contributed by atoms with Gasteiger partial charge in [0.05, 0.1) is 0 Å². The smallest absolute Gasteiger partial charge is 0.267 e. The lowest BCUT2D eigenvalue weighted by Crippen LogP contribution is -2.46. The highest BCUT2D eigenvalue weighted by Gasteiger charge is 2.18. The monoisotopic (exact) mass is 316 g/mol. The molecule has 1 aromatic carbocycles. The zero-order valence-electron chi connectivity index (χ0n) is 12.8. The Morgan fingerprint density at radius 2 is 1.83 bits per heavy atom. The minimum Gasteiger partial charge on any atom is -0.373 e. The third-order valence-electron chi connectivity index (χ3n) is 3.54. The maximum absolute atomic E-state index is 12.8. The minimum atomic E-state index is -0.548. The second-order valence-corrected chi connectivity index (χ2v) is 5.16. The van der Waals surface area contributed by atoms with Gasteiger partial charge in [0.25, 0.3) is 5.91 Å². The molecule has 0 radical (unpaired) electrons. The fraction of sp³-hybridized carbons (Fsp3) is 0.312. The van der Waals surface area contributed by atoms with Gasteiger partial charge in [-0.2, -0.15) is 5.26 Å². The number of carbonyl (C=O) groups is 2. The zero-order valence-corrected chi connectivity index (χ0v) is 12.8. The van der Waals surface area contributed by atoms with E-state index in [1.165, 1.54) is 37.4 Å². The molecule has 1 aliphatic rings. The van der Waals surface area contributed by atoms with E-state index in [4.69, 9.17) is 5.26 Å². The van der Waals surface area contributed by atoms with E-state index < -0.39 is 11.7 Å². The summed E-state index contributed by atoms with van der Waals surface area (Å²) >= 11 is 0. The molecule has 0 unspecified atom stereocenters. The van der Waals surface area contributed by atoms with Crippen LogP contribution in [-0.4, -0.2) is 47.8 Å². The number of benzene rings is 1. The molecule has 7 heteroatoms. The lowest BCUT2D eigenvalue weighted by molar-refractivity contribution is -0.130. The summed E-state index contributed by atoms with van der Waals surface area (Å²) in [5.41, 5.74) is 0.379. The van der Waals surface area contributed by atoms with Crippen molar-refractivity contribution in [2.75, 3.05) is 31.5 Å². The van der Waals surface area contributed by atoms with Crippen LogP contribution in [0.5, 0.6) is 0 Å². The largest absolute Gasteiger partial charge is 0.373 e. The summed E-state index contributed by atoms with van der Waals surface area (Å²) in [6.45, 7) is 3.76. The number of halogens is 1. The molecule has 1 aliphatic heterocycles. The molecule has 0 bridgehead atoms. The number of hydrogen-bond acceptors (Lipinski definition) is 4. The molecule has 0 saturated carbocycles. The zero-order chi connectivity index (χ0) is 16.8. The van der Waals surface area contributed by atoms with Crippen molar-refractivity contribution in [1.29, 1.82) is 5.26 Å². The minimum absolute atomic E-state index is 0.0168. The van der Waals surface area contributed by atoms with Crippen LogP contribution in [0.1, 0.15) is 6.92 Å². The highest BCUT2D eigenvalue weighted by atomic mass is 19.1. The third kappa shape index (κ3) is 4.54. The molecule has 6 nitrogen and oxygen atoms in total. The van der Waals surface area contributed by atoms with E-state index in [9.17, 15) is 14.0 Å². The van der Waals surface area contributed by atoms with Gasteiger partial charge in [-0.05, 0) is 24.3 Å². The van der Waals surface area contributed by atoms with Gasteiger partial charge in [-0.3, -0.25) is 9.59 Å². The molecule has 2 amide bonds. The number of nitriles is 1. The van der Waals surface area contributed by atoms with Crippen LogP contribution in [0.15, 0.2) is 36.0 Å². The standard InChI is InChI=1S/C16H17FN4O2/c1-12(22)21-8-6-20(7-9-21)11-13(10-18)16(23)19-15-4-2-14(17)3-5-15/h2-5,11H,6-9H2,1H3,(H,19,23)/b13-11-. The van der Waals surface area contributed by atoms with E-state index in [0.29, 0.717) is 31.9 Å². The number of anilines is 1. The Morgan fingerprint density at radius 3 is 2.35 bits per heavy atom. The Balaban J connectivity index is 1.99. The van der Waals surface area contributed by atoms with E-state index in [2.05, 4.69) is 5.32 Å². The van der Waals surface area contributed by atoms with Gasteiger partial charge in [-0.15, -0.1) is 0 Å². The maximum Gasteiger partial charge on any atom is 0.267 e. The first-order chi connectivity index (χ1) is 11.0. The summed E-state index contributed by atoms with van der Waals surface area (Å²) in [4.78, 5) is 26.9. The first-order valence-corrected chi connectivity index (χ1v) is 7.18. The third-order valence-corrected chi connectivity index (χ3v) is 3.54. The van der Waals surface area contributed by atoms with Crippen LogP contribution in [0, 0.1) is 17.1 Å². The van der Waals surface area contributed by atoms with Crippen molar-refractivity contribution in [2.24, 2.45) is 0 Å². The summed E-state index contributed by atoms with van der Waals surface area (Å²) in [6, 6.07) is 7.17. The van der Waals surface area contributed by atoms with Gasteiger partial charge < -0.3 is 15.1 Å². The van der Waals surface area contributed by atoms with Gasteiger partial charge in [0.1, 0.15) is 17.5 Å². The molecule has 1 saturated heterocycles. The molecule has 0 aromatic heterocycles. The van der Waals surface area contributed by atoms with Gasteiger partial charge in [0, 0.05) is 45.0 Å². The average molecular weight is 316 g/mol. The van der Waals surface area contributed by atoms with Crippen molar-refractivity contribution in [1.82, 2.24) is 9.80 Å². The van der Waals surface area contributed by atoms with Gasteiger partial charge in [0.2, 0.25) is 5.91 Å². The summed E-state index contributed by atoms with van der Waals surface area (Å²) < 4.78 is 12.8. The Kier molecular flexibility index (Phi) is 5.31. The van der Waals surface area contributed by atoms with Crippen molar-refractivity contribution in [3.05, 3.63) is 41.9 Å². The van der Waals surface area contributed by atoms with Crippen molar-refractivity contribution in [3.63, 3.8) is 0 Å². The second-order valence-electron chi connectivity index (χ2n) is 5.16. The van der Waals surface area contributed by atoms with Gasteiger partial charge >= 0.3 is 0 Å². The van der Waals surface area contributed by atoms with Crippen LogP contribution in [0.4, 0.5) is 10.1 Å². The van der Waals surface area contributed by atoms with E-state index >= 15 is 0 Å². The second kappa shape index (κ2) is 7.40. The molecule has 1 aromatic rings. The summed E-state index contributed by atoms with van der Waals surface area (Å²) in [5.74, 6) is -0.932. The number of nitrogens with zero attached hydrogens (tertiary/aromatic N) is 3. The molecular weight excluding hydrogens is 299 g/mol. The Morgan fingerprint density at radius 1 is 1.22 bits per heavy atom. The number of amides is 2. The Labute approximate surface area is 133 Å². The highest BCUT2D eigenvalue weighted by Crippen LogP contribution is 2.11. The number of nitrogens with one attached hydrogen (secondary N) is 1. The quantitative estimate of drug-likeness (QED) is 0.674. The van der Waals surface area contributed by atoms with Crippen molar-refractivity contribution < 1.29 is 14.0 Å². The van der Waals surface area contributed by atoms with Gasteiger partial charge in [-0.25, -0.2) is 4.39 Å². The summed E-state index contributed by atoms with van der Waals surface area (Å²) in [7, 11) is 0. The van der Waals surface area contributed by atoms with Crippen LogP contribution in [0.25, 0.3) is 0 Å². The molecule has 0 aliphatic carbocycles. The number of rotatable bonds is 3. The Hall–Kier alpha value is -2.88. The summed E-state index contributed by atoms with van der Waals surface area (Å²) in [6.07, 6.45) is 1.50. The molecule has 1 N–H and O–H groups in total. The van der Waals surface area contributed by atoms with Crippen molar-refractivity contribution in [3.8, 4) is 6.07 Å². The van der Waals surface area contributed by atoms with Gasteiger partial charge in [0.15, 0.2) is 0 Å². The number of piperazine rings is 1. The van der Waals surface area contributed by atoms with Crippen molar-refractivity contribution in [2.45, 2.75) is 6.92 Å². The lowest BCUT2D eigenvalue weighted by atomic mass is 10.2. The van der Waals surface area contributed by atoms with Crippen LogP contribution < -0.4 is 5.32 Å². The van der Waals surface area contributed by atoms with E-state index in [1.807, 2.05) is 11.0 Å². The molecule has 2 rings (SSSR count). The number of hydrogen-bond donors (Lipinski definition) is 1. The fourth-order valence-corrected chi connectivity index (χ4v) is 2.22. The van der Waals surface area contributed by atoms with Crippen LogP contribution in [-0.2, 0) is 9.59 Å². The maximum atomic E-state index is 12.8. The predicted octanol–water partition coefficient (Wildman–Crippen LogP) is 1.34. The molecule has 0 spiro atoms. The molecule has 1 fully saturated rings. The van der Waals surface area contributed by atoms with Crippen LogP contribution in [0.3, 0.4) is 0 Å². The molecule has 0 atom stereocenters.